The van der Waals surface area contributed by atoms with Crippen molar-refractivity contribution in [2.24, 2.45) is 52.3 Å². The molecule has 0 aliphatic carbocycles. The van der Waals surface area contributed by atoms with E-state index in [-0.39, 0.29) is 108 Å². The standard InChI is InChI=1S/C75H130N20O18/c1-40(2)33-54(93-74(112)57(36-43(7)8)94-75(113)59(39-96)95-66(104)47(12)85-72(110)58(86-48(13)97)37-49-23-15-14-16-24-49)67(105)81-38-61(99)87-51(25-17-20-30-76)68(106)82-45(10)65(103)92-56(35-42(5)6)73(111)90-52(26-18-21-31-77)69(107)83-46(11)64(102)91-55(34-41(3)4)71(109)84-44(9)63(101)89-53(27-19-22-32-78)70(108)88-50(62(80)100)28-29-60(79)98/h14-16,23-24,40-47,50-59,96H,17-22,25-39,76-78H2,1-13H3,(H2,79,98)(H2,80,100)(H,81,105)(H,82,106)(H,83,107)(H,84,109)(H,85,110)(H,86,97)(H,87,99)(H,88,108)(H,89,101)(H,90,111)(H,91,102)(H,92,103)(H,93,112)(H,94,113)(H,95,104)/t44-,45-,46-,47-,50-,51-,52-,53-,54-,55-,56-,57-,58-,59-/m0/s1. The number of benzene rings is 1. The normalized spacial score (nSPS) is 14.9. The van der Waals surface area contributed by atoms with E-state index in [1.807, 2.05) is 0 Å². The topological polar surface area (TPSA) is 621 Å². The van der Waals surface area contributed by atoms with Crippen LogP contribution in [0.1, 0.15) is 192 Å². The van der Waals surface area contributed by atoms with Gasteiger partial charge in [0.25, 0.3) is 0 Å². The van der Waals surface area contributed by atoms with Crippen LogP contribution in [0.4, 0.5) is 0 Å². The van der Waals surface area contributed by atoms with Crippen molar-refractivity contribution in [3.05, 3.63) is 35.9 Å². The van der Waals surface area contributed by atoms with Gasteiger partial charge in [0.2, 0.25) is 100 Å². The van der Waals surface area contributed by atoms with Crippen LogP contribution in [0.3, 0.4) is 0 Å². The average Bonchev–Trinajstić information content (AvgIpc) is 0.870. The van der Waals surface area contributed by atoms with Gasteiger partial charge in [0.1, 0.15) is 84.6 Å². The first-order valence-electron chi connectivity index (χ1n) is 38.9. The van der Waals surface area contributed by atoms with Crippen molar-refractivity contribution < 1.29 is 86.6 Å². The van der Waals surface area contributed by atoms with Gasteiger partial charge < -0.3 is 114 Å². The van der Waals surface area contributed by atoms with Crippen LogP contribution in [0.2, 0.25) is 0 Å². The quantitative estimate of drug-likeness (QED) is 0.0274. The van der Waals surface area contributed by atoms with E-state index in [1.165, 1.54) is 34.6 Å². The number of rotatable bonds is 56. The lowest BCUT2D eigenvalue weighted by atomic mass is 9.99. The van der Waals surface area contributed by atoms with Crippen molar-refractivity contribution >= 4 is 100 Å². The van der Waals surface area contributed by atoms with Crippen LogP contribution < -0.4 is 108 Å². The summed E-state index contributed by atoms with van der Waals surface area (Å²) in [6.45, 7) is 19.9. The maximum Gasteiger partial charge on any atom is 0.245 e. The third-order valence-corrected chi connectivity index (χ3v) is 17.7. The fourth-order valence-electron chi connectivity index (χ4n) is 11.5. The van der Waals surface area contributed by atoms with Crippen molar-refractivity contribution in [1.82, 2.24) is 79.8 Å². The molecule has 0 unspecified atom stereocenters. The molecule has 17 amide bonds. The van der Waals surface area contributed by atoms with Crippen LogP contribution in [-0.4, -0.2) is 223 Å². The molecule has 38 nitrogen and oxygen atoms in total. The number of carbonyl (C=O) groups is 17. The molecule has 113 heavy (non-hydrogen) atoms. The minimum atomic E-state index is -1.62. The number of nitrogens with one attached hydrogen (secondary N) is 15. The molecule has 38 heteroatoms. The molecule has 0 fully saturated rings. The van der Waals surface area contributed by atoms with Crippen LogP contribution in [0.25, 0.3) is 0 Å². The molecule has 0 radical (unpaired) electrons. The molecule has 0 saturated carbocycles. The number of amides is 17. The van der Waals surface area contributed by atoms with Crippen molar-refractivity contribution in [3.8, 4) is 0 Å². The number of nitrogens with two attached hydrogens (primary N) is 5. The van der Waals surface area contributed by atoms with Gasteiger partial charge in [0, 0.05) is 19.8 Å². The summed E-state index contributed by atoms with van der Waals surface area (Å²) >= 11 is 0. The Bertz CT molecular complexity index is 3290. The van der Waals surface area contributed by atoms with Gasteiger partial charge in [-0.3, -0.25) is 81.5 Å². The van der Waals surface area contributed by atoms with Crippen molar-refractivity contribution in [2.45, 2.75) is 277 Å². The summed E-state index contributed by atoms with van der Waals surface area (Å²) in [5.41, 5.74) is 28.6. The molecule has 1 aromatic carbocycles. The van der Waals surface area contributed by atoms with E-state index in [2.05, 4.69) is 79.8 Å². The summed E-state index contributed by atoms with van der Waals surface area (Å²) < 4.78 is 0. The maximum absolute atomic E-state index is 14.3. The summed E-state index contributed by atoms with van der Waals surface area (Å²) in [5, 5.41) is 48.7. The number of primary amides is 2. The average molecular weight is 1600 g/mol. The summed E-state index contributed by atoms with van der Waals surface area (Å²) in [6.07, 6.45) is 2.28. The highest BCUT2D eigenvalue weighted by atomic mass is 16.3. The largest absolute Gasteiger partial charge is 0.394 e. The minimum absolute atomic E-state index is 0.0202. The molecule has 0 bridgehead atoms. The van der Waals surface area contributed by atoms with Crippen LogP contribution in [-0.2, 0) is 87.9 Å². The smallest absolute Gasteiger partial charge is 0.245 e. The summed E-state index contributed by atoms with van der Waals surface area (Å²) in [6, 6.07) is -9.37. The Kier molecular flexibility index (Phi) is 48.2. The van der Waals surface area contributed by atoms with E-state index in [4.69, 9.17) is 28.7 Å². The Morgan fingerprint density at radius 3 is 0.965 bits per heavy atom. The lowest BCUT2D eigenvalue weighted by Gasteiger charge is -2.27. The number of aliphatic hydroxyl groups is 1. The van der Waals surface area contributed by atoms with Gasteiger partial charge in [0.05, 0.1) is 13.2 Å². The lowest BCUT2D eigenvalue weighted by Crippen LogP contribution is -2.60. The highest BCUT2D eigenvalue weighted by Gasteiger charge is 2.37. The number of hydrogen-bond acceptors (Lipinski definition) is 21. The number of aliphatic hydroxyl groups excluding tert-OH is 1. The van der Waals surface area contributed by atoms with Crippen molar-refractivity contribution in [1.29, 1.82) is 0 Å². The van der Waals surface area contributed by atoms with E-state index >= 15 is 0 Å². The zero-order valence-corrected chi connectivity index (χ0v) is 67.9. The second kappa shape index (κ2) is 53.9. The van der Waals surface area contributed by atoms with Crippen LogP contribution in [0.15, 0.2) is 30.3 Å². The van der Waals surface area contributed by atoms with Crippen LogP contribution in [0, 0.1) is 23.7 Å². The Hall–Kier alpha value is -9.95. The van der Waals surface area contributed by atoms with E-state index in [0.29, 0.717) is 38.5 Å². The van der Waals surface area contributed by atoms with Crippen LogP contribution >= 0.6 is 0 Å². The van der Waals surface area contributed by atoms with E-state index in [0.717, 1.165) is 5.56 Å². The SMILES string of the molecule is CC(=O)N[C@@H](Cc1ccccc1)C(=O)N[C@@H](C)C(=O)N[C@@H](CO)C(=O)N[C@@H](CC(C)C)C(=O)N[C@@H](CC(C)C)C(=O)NCC(=O)N[C@@H](CCCCN)C(=O)N[C@@H](C)C(=O)N[C@@H](CC(C)C)C(=O)N[C@@H](CCCCN)C(=O)N[C@@H](C)C(=O)N[C@@H](CC(C)C)C(=O)N[C@@H](C)C(=O)N[C@@H](CCCCN)C(=O)N[C@@H](CCC(N)=O)C(N)=O. The predicted molar refractivity (Wildman–Crippen MR) is 420 cm³/mol. The van der Waals surface area contributed by atoms with Gasteiger partial charge in [-0.15, -0.1) is 0 Å². The second-order valence-electron chi connectivity index (χ2n) is 30.2. The van der Waals surface area contributed by atoms with Gasteiger partial charge in [0.15, 0.2) is 0 Å². The fourth-order valence-corrected chi connectivity index (χ4v) is 11.5. The van der Waals surface area contributed by atoms with Gasteiger partial charge in [-0.05, 0) is 166 Å². The first-order chi connectivity index (χ1) is 53.1. The van der Waals surface area contributed by atoms with E-state index in [1.54, 1.807) is 85.7 Å². The zero-order valence-electron chi connectivity index (χ0n) is 67.9. The molecule has 0 saturated heterocycles. The molecule has 1 aromatic rings. The van der Waals surface area contributed by atoms with Gasteiger partial charge in [-0.1, -0.05) is 85.7 Å². The molecule has 1 rings (SSSR count). The lowest BCUT2D eigenvalue weighted by molar-refractivity contribution is -0.136. The van der Waals surface area contributed by atoms with Gasteiger partial charge >= 0.3 is 0 Å². The Balaban J connectivity index is 3.25. The van der Waals surface area contributed by atoms with Gasteiger partial charge in [-0.2, -0.15) is 0 Å². The molecule has 638 valence electrons. The molecule has 14 atom stereocenters. The molecule has 0 spiro atoms. The Morgan fingerprint density at radius 2 is 0.619 bits per heavy atom. The van der Waals surface area contributed by atoms with E-state index in [9.17, 15) is 86.6 Å². The number of hydrogen-bond donors (Lipinski definition) is 21. The van der Waals surface area contributed by atoms with E-state index < -0.39 is 198 Å². The molecule has 0 aliphatic rings. The first kappa shape index (κ1) is 101. The summed E-state index contributed by atoms with van der Waals surface area (Å²) in [7, 11) is 0. The summed E-state index contributed by atoms with van der Waals surface area (Å²) in [4.78, 5) is 229. The molecule has 0 aliphatic heterocycles. The third kappa shape index (κ3) is 41.4. The Labute approximate surface area is 662 Å². The summed E-state index contributed by atoms with van der Waals surface area (Å²) in [5.74, 6) is -14.6. The molecular weight excluding hydrogens is 1470 g/mol. The highest BCUT2D eigenvalue weighted by Crippen LogP contribution is 2.15. The zero-order chi connectivity index (χ0) is 85.8. The fraction of sp³-hybridized carbons (Fsp3) is 0.693. The van der Waals surface area contributed by atoms with Gasteiger partial charge in [-0.25, -0.2) is 0 Å². The second-order valence-corrected chi connectivity index (χ2v) is 30.2. The monoisotopic (exact) mass is 1600 g/mol. The number of carbonyl (C=O) groups excluding carboxylic acids is 17. The Morgan fingerprint density at radius 1 is 0.327 bits per heavy atom. The first-order valence-corrected chi connectivity index (χ1v) is 38.9. The minimum Gasteiger partial charge on any atom is -0.394 e. The predicted octanol–water partition coefficient (Wildman–Crippen LogP) is -4.45. The molecular formula is C75H130N20O18. The number of unbranched alkanes of at least 4 members (excludes halogenated alkanes) is 3. The highest BCUT2D eigenvalue weighted by molar-refractivity contribution is 6.00. The molecule has 26 N–H and O–H groups in total. The molecule has 0 heterocycles. The van der Waals surface area contributed by atoms with Crippen molar-refractivity contribution in [2.75, 3.05) is 32.8 Å². The maximum atomic E-state index is 14.3. The molecule has 0 aromatic heterocycles. The third-order valence-electron chi connectivity index (χ3n) is 17.7. The van der Waals surface area contributed by atoms with Crippen LogP contribution in [0.5, 0.6) is 0 Å². The van der Waals surface area contributed by atoms with Crippen molar-refractivity contribution in [3.63, 3.8) is 0 Å².